The molecule has 1 N–H and O–H groups in total. The van der Waals surface area contributed by atoms with Crippen molar-refractivity contribution in [3.63, 3.8) is 0 Å². The number of piperidine rings is 1. The van der Waals surface area contributed by atoms with Crippen molar-refractivity contribution in [2.45, 2.75) is 61.7 Å². The number of nitrogens with zero attached hydrogens (tertiary/aromatic N) is 3. The number of benzene rings is 1. The van der Waals surface area contributed by atoms with E-state index in [4.69, 9.17) is 11.6 Å². The number of hydrogen-bond donors (Lipinski definition) is 1. The van der Waals surface area contributed by atoms with Gasteiger partial charge in [-0.2, -0.15) is 4.31 Å². The van der Waals surface area contributed by atoms with Crippen LogP contribution >= 0.6 is 22.9 Å². The molecular formula is C24H29ClN4O3S2. The van der Waals surface area contributed by atoms with Crippen molar-refractivity contribution < 1.29 is 13.2 Å². The Morgan fingerprint density at radius 1 is 1.00 bits per heavy atom. The molecule has 0 atom stereocenters. The first-order valence-electron chi connectivity index (χ1n) is 12.2. The number of sulfonamides is 1. The van der Waals surface area contributed by atoms with Gasteiger partial charge in [0, 0.05) is 29.4 Å². The number of carbonyl (C=O) groups is 1. The SMILES string of the molecule is O=C(Nc1nnc(C23CC4CC(CC(C4)C2)C3)s1)C1CCN(S(=O)(=O)c2ccc(Cl)cc2)CC1. The molecule has 1 aliphatic heterocycles. The maximum atomic E-state index is 12.9. The van der Waals surface area contributed by atoms with E-state index in [1.807, 2.05) is 0 Å². The number of nitrogens with one attached hydrogen (secondary N) is 1. The highest BCUT2D eigenvalue weighted by atomic mass is 35.5. The van der Waals surface area contributed by atoms with Crippen molar-refractivity contribution in [1.82, 2.24) is 14.5 Å². The van der Waals surface area contributed by atoms with Crippen molar-refractivity contribution in [3.8, 4) is 0 Å². The first-order chi connectivity index (χ1) is 16.3. The molecule has 5 aliphatic rings. The van der Waals surface area contributed by atoms with Crippen molar-refractivity contribution >= 4 is 44.0 Å². The number of amides is 1. The highest BCUT2D eigenvalue weighted by molar-refractivity contribution is 7.89. The molecule has 182 valence electrons. The van der Waals surface area contributed by atoms with Crippen LogP contribution in [-0.4, -0.2) is 41.9 Å². The predicted molar refractivity (Wildman–Crippen MR) is 131 cm³/mol. The van der Waals surface area contributed by atoms with Gasteiger partial charge in [-0.05, 0) is 93.4 Å². The van der Waals surface area contributed by atoms with E-state index in [-0.39, 0.29) is 22.1 Å². The standard InChI is InChI=1S/C24H29ClN4O3S2/c25-19-1-3-20(4-2-19)34(31,32)29-7-5-18(6-8-29)21(30)26-23-28-27-22(33-23)24-12-15-9-16(13-24)11-17(10-15)14-24/h1-4,15-18H,5-14H2,(H,26,28,30). The molecule has 2 heterocycles. The molecule has 7 rings (SSSR count). The smallest absolute Gasteiger partial charge is 0.243 e. The summed E-state index contributed by atoms with van der Waals surface area (Å²) in [5.41, 5.74) is 0.177. The van der Waals surface area contributed by atoms with Gasteiger partial charge < -0.3 is 5.32 Å². The molecule has 7 nitrogen and oxygen atoms in total. The lowest BCUT2D eigenvalue weighted by molar-refractivity contribution is -0.120. The molecule has 10 heteroatoms. The normalized spacial score (nSPS) is 31.6. The van der Waals surface area contributed by atoms with Crippen LogP contribution in [0.15, 0.2) is 29.2 Å². The van der Waals surface area contributed by atoms with E-state index < -0.39 is 10.0 Å². The zero-order valence-electron chi connectivity index (χ0n) is 19.0. The van der Waals surface area contributed by atoms with Gasteiger partial charge in [0.05, 0.1) is 4.90 Å². The van der Waals surface area contributed by atoms with E-state index in [0.29, 0.717) is 36.1 Å². The molecule has 4 saturated carbocycles. The molecule has 34 heavy (non-hydrogen) atoms. The van der Waals surface area contributed by atoms with Gasteiger partial charge in [-0.3, -0.25) is 4.79 Å². The molecule has 0 spiro atoms. The van der Waals surface area contributed by atoms with Gasteiger partial charge in [0.2, 0.25) is 21.1 Å². The molecule has 4 aliphatic carbocycles. The number of aromatic nitrogens is 2. The van der Waals surface area contributed by atoms with Gasteiger partial charge in [0.15, 0.2) is 0 Å². The zero-order chi connectivity index (χ0) is 23.5. The Morgan fingerprint density at radius 2 is 1.59 bits per heavy atom. The average Bonchev–Trinajstić information content (AvgIpc) is 3.28. The number of hydrogen-bond acceptors (Lipinski definition) is 6. The van der Waals surface area contributed by atoms with Crippen LogP contribution in [0, 0.1) is 23.7 Å². The van der Waals surface area contributed by atoms with Gasteiger partial charge >= 0.3 is 0 Å². The minimum atomic E-state index is -3.58. The van der Waals surface area contributed by atoms with Crippen LogP contribution in [0.1, 0.15) is 56.4 Å². The largest absolute Gasteiger partial charge is 0.300 e. The maximum absolute atomic E-state index is 12.9. The fourth-order valence-electron chi connectivity index (χ4n) is 7.18. The van der Waals surface area contributed by atoms with Crippen LogP contribution < -0.4 is 5.32 Å². The quantitative estimate of drug-likeness (QED) is 0.617. The van der Waals surface area contributed by atoms with E-state index in [1.165, 1.54) is 55.0 Å². The Morgan fingerprint density at radius 3 is 2.18 bits per heavy atom. The summed E-state index contributed by atoms with van der Waals surface area (Å²) in [4.78, 5) is 13.2. The van der Waals surface area contributed by atoms with Crippen LogP contribution in [-0.2, 0) is 20.2 Å². The fourth-order valence-corrected chi connectivity index (χ4v) is 9.74. The Labute approximate surface area is 209 Å². The lowest BCUT2D eigenvalue weighted by atomic mass is 9.50. The molecule has 1 amide bonds. The first-order valence-corrected chi connectivity index (χ1v) is 14.8. The summed E-state index contributed by atoms with van der Waals surface area (Å²) >= 11 is 7.43. The molecule has 4 bridgehead atoms. The van der Waals surface area contributed by atoms with E-state index in [1.54, 1.807) is 23.5 Å². The molecule has 1 saturated heterocycles. The van der Waals surface area contributed by atoms with E-state index in [0.717, 1.165) is 22.8 Å². The Bertz CT molecular complexity index is 1150. The second-order valence-corrected chi connectivity index (χ2v) is 14.1. The molecule has 2 aromatic rings. The molecule has 1 aromatic heterocycles. The predicted octanol–water partition coefficient (Wildman–Crippen LogP) is 4.70. The highest BCUT2D eigenvalue weighted by Gasteiger charge is 2.53. The molecular weight excluding hydrogens is 492 g/mol. The number of halogens is 1. The third-order valence-electron chi connectivity index (χ3n) is 8.42. The third kappa shape index (κ3) is 4.08. The van der Waals surface area contributed by atoms with Crippen LogP contribution in [0.3, 0.4) is 0 Å². The summed E-state index contributed by atoms with van der Waals surface area (Å²) in [6.07, 6.45) is 8.79. The van der Waals surface area contributed by atoms with Crippen LogP contribution in [0.25, 0.3) is 0 Å². The van der Waals surface area contributed by atoms with Gasteiger partial charge in [0.25, 0.3) is 0 Å². The van der Waals surface area contributed by atoms with E-state index in [9.17, 15) is 13.2 Å². The van der Waals surface area contributed by atoms with E-state index in [2.05, 4.69) is 15.5 Å². The Kier molecular flexibility index (Phi) is 5.75. The summed E-state index contributed by atoms with van der Waals surface area (Å²) < 4.78 is 27.2. The number of carbonyl (C=O) groups excluding carboxylic acids is 1. The van der Waals surface area contributed by atoms with Crippen LogP contribution in [0.4, 0.5) is 5.13 Å². The lowest BCUT2D eigenvalue weighted by Crippen LogP contribution is -2.48. The topological polar surface area (TPSA) is 92.3 Å². The van der Waals surface area contributed by atoms with E-state index >= 15 is 0 Å². The van der Waals surface area contributed by atoms with Crippen molar-refractivity contribution in [2.75, 3.05) is 18.4 Å². The van der Waals surface area contributed by atoms with Crippen molar-refractivity contribution in [3.05, 3.63) is 34.3 Å². The first kappa shape index (κ1) is 22.9. The zero-order valence-corrected chi connectivity index (χ0v) is 21.3. The van der Waals surface area contributed by atoms with Crippen molar-refractivity contribution in [2.24, 2.45) is 23.7 Å². The summed E-state index contributed by atoms with van der Waals surface area (Å²) in [6, 6.07) is 6.20. The fraction of sp³-hybridized carbons (Fsp3) is 0.625. The lowest BCUT2D eigenvalue weighted by Gasteiger charge is -2.55. The summed E-state index contributed by atoms with van der Waals surface area (Å²) in [5.74, 6) is 2.19. The minimum Gasteiger partial charge on any atom is -0.300 e. The van der Waals surface area contributed by atoms with Gasteiger partial charge in [-0.25, -0.2) is 8.42 Å². The van der Waals surface area contributed by atoms with Crippen LogP contribution in [0.2, 0.25) is 5.02 Å². The second kappa shape index (κ2) is 8.54. The third-order valence-corrected chi connectivity index (χ3v) is 11.7. The van der Waals surface area contributed by atoms with Crippen molar-refractivity contribution in [1.29, 1.82) is 0 Å². The Hall–Kier alpha value is -1.55. The van der Waals surface area contributed by atoms with Gasteiger partial charge in [0.1, 0.15) is 5.01 Å². The Balaban J connectivity index is 1.08. The number of rotatable bonds is 5. The summed E-state index contributed by atoms with van der Waals surface area (Å²) in [6.45, 7) is 0.634. The minimum absolute atomic E-state index is 0.0863. The average molecular weight is 521 g/mol. The highest BCUT2D eigenvalue weighted by Crippen LogP contribution is 2.61. The van der Waals surface area contributed by atoms with Crippen LogP contribution in [0.5, 0.6) is 0 Å². The molecule has 0 radical (unpaired) electrons. The number of anilines is 1. The molecule has 0 unspecified atom stereocenters. The molecule has 5 fully saturated rings. The summed E-state index contributed by atoms with van der Waals surface area (Å²) in [7, 11) is -3.58. The van der Waals surface area contributed by atoms with Gasteiger partial charge in [-0.15, -0.1) is 10.2 Å². The summed E-state index contributed by atoms with van der Waals surface area (Å²) in [5, 5.41) is 14.0. The maximum Gasteiger partial charge on any atom is 0.243 e. The molecule has 1 aromatic carbocycles. The monoisotopic (exact) mass is 520 g/mol. The van der Waals surface area contributed by atoms with Gasteiger partial charge in [-0.1, -0.05) is 22.9 Å². The second-order valence-electron chi connectivity index (χ2n) is 10.7.